The maximum absolute atomic E-state index is 15.1. The molecule has 1 aliphatic carbocycles. The van der Waals surface area contributed by atoms with Gasteiger partial charge in [-0.1, -0.05) is 32.3 Å². The molecule has 1 saturated carbocycles. The fourth-order valence-corrected chi connectivity index (χ4v) is 5.79. The third kappa shape index (κ3) is 5.62. The van der Waals surface area contributed by atoms with E-state index in [1.54, 1.807) is 6.07 Å². The highest BCUT2D eigenvalue weighted by Crippen LogP contribution is 2.37. The van der Waals surface area contributed by atoms with Crippen LogP contribution in [0.3, 0.4) is 0 Å². The number of benzene rings is 1. The van der Waals surface area contributed by atoms with Crippen molar-refractivity contribution in [1.82, 2.24) is 34.9 Å². The Bertz CT molecular complexity index is 1420. The molecule has 3 aromatic heterocycles. The zero-order valence-electron chi connectivity index (χ0n) is 22.3. The van der Waals surface area contributed by atoms with E-state index in [9.17, 15) is 4.39 Å². The molecule has 4 heterocycles. The first-order chi connectivity index (χ1) is 19.1. The van der Waals surface area contributed by atoms with E-state index in [0.717, 1.165) is 82.4 Å². The summed E-state index contributed by atoms with van der Waals surface area (Å²) in [5.41, 5.74) is 2.72. The van der Waals surface area contributed by atoms with Crippen molar-refractivity contribution in [3.05, 3.63) is 59.6 Å². The maximum Gasteiger partial charge on any atom is 0.229 e. The molecule has 10 heteroatoms. The molecule has 1 aliphatic heterocycles. The highest BCUT2D eigenvalue weighted by atomic mass is 19.1. The quantitative estimate of drug-likeness (QED) is 0.319. The van der Waals surface area contributed by atoms with Gasteiger partial charge in [0, 0.05) is 61.5 Å². The van der Waals surface area contributed by atoms with Crippen LogP contribution in [0.4, 0.5) is 20.5 Å². The Morgan fingerprint density at radius 3 is 2.49 bits per heavy atom. The lowest BCUT2D eigenvalue weighted by molar-refractivity contribution is 0.132. The molecule has 0 bridgehead atoms. The first kappa shape index (κ1) is 25.8. The second-order valence-electron chi connectivity index (χ2n) is 10.6. The lowest BCUT2D eigenvalue weighted by atomic mass is 9.85. The van der Waals surface area contributed by atoms with Crippen LogP contribution in [0.5, 0.6) is 0 Å². The maximum atomic E-state index is 15.1. The summed E-state index contributed by atoms with van der Waals surface area (Å²) in [4.78, 5) is 17.9. The lowest BCUT2D eigenvalue weighted by Crippen LogP contribution is -2.45. The first-order valence-electron chi connectivity index (χ1n) is 13.9. The number of nitrogens with one attached hydrogen (secondary N) is 2. The monoisotopic (exact) mass is 532 g/mol. The number of anilines is 2. The molecule has 39 heavy (non-hydrogen) atoms. The third-order valence-corrected chi connectivity index (χ3v) is 8.06. The fourth-order valence-electron chi connectivity index (χ4n) is 5.79. The topological polar surface area (TPSA) is 85.9 Å². The van der Waals surface area contributed by atoms with E-state index in [2.05, 4.69) is 47.2 Å². The molecule has 2 fully saturated rings. The summed E-state index contributed by atoms with van der Waals surface area (Å²) in [5.74, 6) is -0.0539. The Hall–Kier alpha value is -3.50. The van der Waals surface area contributed by atoms with Crippen LogP contribution >= 0.6 is 0 Å². The van der Waals surface area contributed by atoms with E-state index in [0.29, 0.717) is 22.7 Å². The third-order valence-electron chi connectivity index (χ3n) is 8.06. The normalized spacial score (nSPS) is 17.6. The molecule has 1 saturated heterocycles. The molecule has 0 unspecified atom stereocenters. The van der Waals surface area contributed by atoms with Crippen LogP contribution in [0.15, 0.2) is 36.7 Å². The van der Waals surface area contributed by atoms with E-state index in [4.69, 9.17) is 0 Å². The largest absolute Gasteiger partial charge is 0.309 e. The molecule has 6 rings (SSSR count). The summed E-state index contributed by atoms with van der Waals surface area (Å²) in [6.07, 6.45) is 8.54. The van der Waals surface area contributed by atoms with E-state index in [1.165, 1.54) is 12.5 Å². The Kier molecular flexibility index (Phi) is 7.47. The van der Waals surface area contributed by atoms with Crippen LogP contribution in [0, 0.1) is 11.6 Å². The fraction of sp³-hybridized carbons (Fsp3) is 0.448. The number of hydrogen-bond acceptors (Lipinski definition) is 7. The number of aromatic nitrogens is 5. The second-order valence-corrected chi connectivity index (χ2v) is 10.6. The number of rotatable bonds is 7. The minimum atomic E-state index is -0.617. The molecule has 204 valence electrons. The van der Waals surface area contributed by atoms with Crippen molar-refractivity contribution in [1.29, 1.82) is 0 Å². The highest BCUT2D eigenvalue weighted by Gasteiger charge is 2.23. The Morgan fingerprint density at radius 1 is 0.949 bits per heavy atom. The number of likely N-dealkylation sites (N-methyl/N-ethyl adjacent to an activating group) is 1. The standard InChI is InChI=1S/C29H34F2N8/c1-2-38-10-12-39(13-11-38)18-19-8-9-25(32-16-19)34-29-33-17-24(31)27(35-29)21-14-22-26(20-6-4-3-5-7-20)36-37-28(22)23(30)15-21/h8-9,14-17,20H,2-7,10-13,18H2,1H3,(H,36,37)(H,32,33,34,35). The van der Waals surface area contributed by atoms with Gasteiger partial charge in [-0.25, -0.2) is 23.7 Å². The predicted molar refractivity (Wildman–Crippen MR) is 148 cm³/mol. The molecule has 2 N–H and O–H groups in total. The number of H-pyrrole nitrogens is 1. The van der Waals surface area contributed by atoms with Crippen LogP contribution in [-0.4, -0.2) is 67.7 Å². The number of piperazine rings is 1. The minimum Gasteiger partial charge on any atom is -0.309 e. The van der Waals surface area contributed by atoms with Gasteiger partial charge in [0.1, 0.15) is 17.0 Å². The van der Waals surface area contributed by atoms with Crippen LogP contribution in [-0.2, 0) is 6.54 Å². The van der Waals surface area contributed by atoms with Crippen molar-refractivity contribution in [2.24, 2.45) is 0 Å². The van der Waals surface area contributed by atoms with Gasteiger partial charge in [0.25, 0.3) is 0 Å². The molecule has 2 aliphatic rings. The van der Waals surface area contributed by atoms with Crippen LogP contribution in [0.1, 0.15) is 56.2 Å². The predicted octanol–water partition coefficient (Wildman–Crippen LogP) is 5.62. The molecule has 0 amide bonds. The lowest BCUT2D eigenvalue weighted by Gasteiger charge is -2.33. The summed E-state index contributed by atoms with van der Waals surface area (Å²) in [5, 5.41) is 11.0. The average molecular weight is 533 g/mol. The van der Waals surface area contributed by atoms with Gasteiger partial charge in [-0.2, -0.15) is 5.10 Å². The van der Waals surface area contributed by atoms with E-state index < -0.39 is 11.6 Å². The Balaban J connectivity index is 1.20. The van der Waals surface area contributed by atoms with Gasteiger partial charge >= 0.3 is 0 Å². The van der Waals surface area contributed by atoms with Crippen molar-refractivity contribution in [3.63, 3.8) is 0 Å². The number of hydrogen-bond donors (Lipinski definition) is 2. The van der Waals surface area contributed by atoms with Gasteiger partial charge in [0.2, 0.25) is 5.95 Å². The molecule has 0 atom stereocenters. The molecule has 1 aromatic carbocycles. The zero-order chi connectivity index (χ0) is 26.8. The van der Waals surface area contributed by atoms with E-state index in [1.807, 2.05) is 18.3 Å². The van der Waals surface area contributed by atoms with E-state index >= 15 is 4.39 Å². The minimum absolute atomic E-state index is 0.0342. The van der Waals surface area contributed by atoms with Crippen LogP contribution in [0.25, 0.3) is 22.2 Å². The highest BCUT2D eigenvalue weighted by molar-refractivity contribution is 5.87. The summed E-state index contributed by atoms with van der Waals surface area (Å²) in [7, 11) is 0. The summed E-state index contributed by atoms with van der Waals surface area (Å²) in [6, 6.07) is 6.98. The molecule has 4 aromatic rings. The van der Waals surface area contributed by atoms with Crippen molar-refractivity contribution in [2.45, 2.75) is 51.5 Å². The van der Waals surface area contributed by atoms with Gasteiger partial charge in [-0.05, 0) is 43.1 Å². The number of halogens is 2. The van der Waals surface area contributed by atoms with Crippen molar-refractivity contribution in [2.75, 3.05) is 38.0 Å². The molecule has 0 radical (unpaired) electrons. The van der Waals surface area contributed by atoms with Gasteiger partial charge < -0.3 is 10.2 Å². The number of nitrogens with zero attached hydrogens (tertiary/aromatic N) is 6. The zero-order valence-corrected chi connectivity index (χ0v) is 22.3. The first-order valence-corrected chi connectivity index (χ1v) is 13.9. The van der Waals surface area contributed by atoms with Crippen molar-refractivity contribution >= 4 is 22.7 Å². The average Bonchev–Trinajstić information content (AvgIpc) is 3.41. The van der Waals surface area contributed by atoms with Gasteiger partial charge in [-0.3, -0.25) is 10.00 Å². The SMILES string of the molecule is CCN1CCN(Cc2ccc(Nc3ncc(F)c(-c4cc(F)c5n[nH]c(C6CCCCC6)c5c4)n3)nc2)CC1. The number of aromatic amines is 1. The molecular formula is C29H34F2N8. The number of pyridine rings is 1. The Morgan fingerprint density at radius 2 is 1.74 bits per heavy atom. The molecule has 8 nitrogen and oxygen atoms in total. The summed E-state index contributed by atoms with van der Waals surface area (Å²) >= 11 is 0. The van der Waals surface area contributed by atoms with Crippen LogP contribution < -0.4 is 5.32 Å². The van der Waals surface area contributed by atoms with Gasteiger partial charge in [0.05, 0.1) is 6.20 Å². The second kappa shape index (κ2) is 11.3. The van der Waals surface area contributed by atoms with Gasteiger partial charge in [0.15, 0.2) is 11.6 Å². The van der Waals surface area contributed by atoms with Gasteiger partial charge in [-0.15, -0.1) is 0 Å². The smallest absolute Gasteiger partial charge is 0.229 e. The van der Waals surface area contributed by atoms with E-state index in [-0.39, 0.29) is 17.2 Å². The Labute approximate surface area is 226 Å². The van der Waals surface area contributed by atoms with Crippen LogP contribution in [0.2, 0.25) is 0 Å². The summed E-state index contributed by atoms with van der Waals surface area (Å²) < 4.78 is 30.0. The van der Waals surface area contributed by atoms with Crippen molar-refractivity contribution in [3.8, 4) is 11.3 Å². The molecular weight excluding hydrogens is 498 g/mol. The molecule has 0 spiro atoms. The summed E-state index contributed by atoms with van der Waals surface area (Å²) in [6.45, 7) is 8.43. The van der Waals surface area contributed by atoms with Crippen molar-refractivity contribution < 1.29 is 8.78 Å². The number of fused-ring (bicyclic) bond motifs is 1.